The largest absolute Gasteiger partial charge is 0.496 e. The van der Waals surface area contributed by atoms with Crippen LogP contribution >= 0.6 is 27.7 Å². The van der Waals surface area contributed by atoms with Crippen LogP contribution in [0.25, 0.3) is 0 Å². The van der Waals surface area contributed by atoms with E-state index in [0.717, 1.165) is 4.47 Å². The third kappa shape index (κ3) is 4.22. The Morgan fingerprint density at radius 1 is 1.31 bits per heavy atom. The molecule has 29 heavy (non-hydrogen) atoms. The minimum atomic E-state index is -0.679. The lowest BCUT2D eigenvalue weighted by Crippen LogP contribution is -2.41. The number of nitrogens with zero attached hydrogens (tertiary/aromatic N) is 2. The normalized spacial score (nSPS) is 21.2. The summed E-state index contributed by atoms with van der Waals surface area (Å²) < 4.78 is 16.7. The molecule has 1 aromatic carbocycles. The average molecular weight is 483 g/mol. The number of hydrogen-bond donors (Lipinski definition) is 0. The molecule has 1 saturated heterocycles. The number of esters is 1. The first-order valence-corrected chi connectivity index (χ1v) is 10.9. The van der Waals surface area contributed by atoms with E-state index in [2.05, 4.69) is 20.9 Å². The van der Waals surface area contributed by atoms with Crippen LogP contribution in [0.15, 0.2) is 38.9 Å². The lowest BCUT2D eigenvalue weighted by atomic mass is 9.93. The smallest absolute Gasteiger partial charge is 0.338 e. The van der Waals surface area contributed by atoms with Crippen molar-refractivity contribution < 1.29 is 23.8 Å². The van der Waals surface area contributed by atoms with Gasteiger partial charge in [-0.15, -0.1) is 0 Å². The first-order valence-electron chi connectivity index (χ1n) is 9.21. The number of carbonyl (C=O) groups excluding carboxylic acids is 2. The molecule has 3 rings (SSSR count). The molecule has 0 saturated carbocycles. The molecule has 2 aliphatic heterocycles. The van der Waals surface area contributed by atoms with Crippen LogP contribution in [0.3, 0.4) is 0 Å². The molecule has 2 atom stereocenters. The predicted molar refractivity (Wildman–Crippen MR) is 115 cm³/mol. The molecule has 156 valence electrons. The standard InChI is InChI=1S/C20H23BrN2O5S/c1-5-15-18(24)23-17(13-10-12(21)6-7-14(13)27-4)16(11(2)22-20(23)29-15)19(25)28-9-8-26-3/h6-7,10,15,17H,5,8-9H2,1-4H3. The molecule has 0 radical (unpaired) electrons. The molecule has 0 aliphatic carbocycles. The Hall–Kier alpha value is -1.84. The Morgan fingerprint density at radius 2 is 2.07 bits per heavy atom. The maximum absolute atomic E-state index is 13.2. The summed E-state index contributed by atoms with van der Waals surface area (Å²) in [5, 5.41) is 0.367. The van der Waals surface area contributed by atoms with Crippen molar-refractivity contribution in [3.05, 3.63) is 39.5 Å². The molecule has 1 amide bonds. The monoisotopic (exact) mass is 482 g/mol. The zero-order valence-electron chi connectivity index (χ0n) is 16.7. The zero-order chi connectivity index (χ0) is 21.1. The molecule has 0 spiro atoms. The number of methoxy groups -OCH3 is 2. The Labute approximate surface area is 182 Å². The van der Waals surface area contributed by atoms with Crippen LogP contribution in [0.1, 0.15) is 31.9 Å². The number of allylic oxidation sites excluding steroid dienone is 1. The van der Waals surface area contributed by atoms with Crippen molar-refractivity contribution in [2.24, 2.45) is 4.99 Å². The van der Waals surface area contributed by atoms with Crippen LogP contribution in [-0.4, -0.2) is 54.6 Å². The maximum Gasteiger partial charge on any atom is 0.338 e. The molecule has 0 aromatic heterocycles. The van der Waals surface area contributed by atoms with Gasteiger partial charge in [-0.2, -0.15) is 0 Å². The maximum atomic E-state index is 13.2. The van der Waals surface area contributed by atoms with Crippen LogP contribution < -0.4 is 4.74 Å². The summed E-state index contributed by atoms with van der Waals surface area (Å²) in [6, 6.07) is 4.84. The minimum Gasteiger partial charge on any atom is -0.496 e. The van der Waals surface area contributed by atoms with E-state index >= 15 is 0 Å². The first-order chi connectivity index (χ1) is 13.9. The third-order valence-corrected chi connectivity index (χ3v) is 6.56. The van der Waals surface area contributed by atoms with E-state index in [-0.39, 0.29) is 24.4 Å². The number of rotatable bonds is 7. The molecule has 1 aromatic rings. The number of halogens is 1. The van der Waals surface area contributed by atoms with Crippen LogP contribution in [-0.2, 0) is 19.1 Å². The van der Waals surface area contributed by atoms with Crippen molar-refractivity contribution in [1.29, 1.82) is 0 Å². The number of aliphatic imine (C=N–C) groups is 1. The summed E-state index contributed by atoms with van der Waals surface area (Å²) >= 11 is 4.91. The summed E-state index contributed by atoms with van der Waals surface area (Å²) in [4.78, 5) is 32.3. The van der Waals surface area contributed by atoms with Crippen LogP contribution in [0.2, 0.25) is 0 Å². The summed E-state index contributed by atoms with van der Waals surface area (Å²) in [5.41, 5.74) is 1.55. The number of fused-ring (bicyclic) bond motifs is 1. The molecule has 1 fully saturated rings. The number of thioether (sulfide) groups is 1. The van der Waals surface area contributed by atoms with E-state index in [9.17, 15) is 9.59 Å². The molecular formula is C20H23BrN2O5S. The van der Waals surface area contributed by atoms with Crippen molar-refractivity contribution in [3.8, 4) is 5.75 Å². The average Bonchev–Trinajstić information content (AvgIpc) is 3.02. The van der Waals surface area contributed by atoms with Gasteiger partial charge in [-0.3, -0.25) is 9.69 Å². The second kappa shape index (κ2) is 9.32. The van der Waals surface area contributed by atoms with Gasteiger partial charge in [-0.1, -0.05) is 34.6 Å². The van der Waals surface area contributed by atoms with Crippen LogP contribution in [0, 0.1) is 0 Å². The summed E-state index contributed by atoms with van der Waals surface area (Å²) in [5.74, 6) is -0.0164. The first kappa shape index (κ1) is 21.9. The quantitative estimate of drug-likeness (QED) is 0.435. The van der Waals surface area contributed by atoms with Gasteiger partial charge in [0.1, 0.15) is 18.4 Å². The van der Waals surface area contributed by atoms with Crippen molar-refractivity contribution >= 4 is 44.7 Å². The Morgan fingerprint density at radius 3 is 2.72 bits per heavy atom. The van der Waals surface area contributed by atoms with Gasteiger partial charge in [0.15, 0.2) is 5.17 Å². The van der Waals surface area contributed by atoms with Gasteiger partial charge < -0.3 is 14.2 Å². The zero-order valence-corrected chi connectivity index (χ0v) is 19.1. The van der Waals surface area contributed by atoms with Gasteiger partial charge in [0.25, 0.3) is 0 Å². The van der Waals surface area contributed by atoms with Crippen molar-refractivity contribution in [2.45, 2.75) is 31.6 Å². The highest BCUT2D eigenvalue weighted by Crippen LogP contribution is 2.46. The number of amidine groups is 1. The highest BCUT2D eigenvalue weighted by atomic mass is 79.9. The number of carbonyl (C=O) groups is 2. The number of benzene rings is 1. The highest BCUT2D eigenvalue weighted by molar-refractivity contribution is 9.10. The van der Waals surface area contributed by atoms with Crippen molar-refractivity contribution in [1.82, 2.24) is 4.90 Å². The second-order valence-corrected chi connectivity index (χ2v) is 8.62. The molecule has 7 nitrogen and oxygen atoms in total. The molecule has 0 N–H and O–H groups in total. The van der Waals surface area contributed by atoms with E-state index < -0.39 is 12.0 Å². The van der Waals surface area contributed by atoms with Gasteiger partial charge >= 0.3 is 5.97 Å². The van der Waals surface area contributed by atoms with Gasteiger partial charge in [0, 0.05) is 17.1 Å². The highest BCUT2D eigenvalue weighted by Gasteiger charge is 2.48. The third-order valence-electron chi connectivity index (χ3n) is 4.75. The van der Waals surface area contributed by atoms with E-state index in [0.29, 0.717) is 34.2 Å². The number of hydrogen-bond acceptors (Lipinski definition) is 7. The minimum absolute atomic E-state index is 0.0713. The summed E-state index contributed by atoms with van der Waals surface area (Å²) in [6.07, 6.45) is 0.675. The Bertz CT molecular complexity index is 886. The number of ether oxygens (including phenoxy) is 3. The topological polar surface area (TPSA) is 77.4 Å². The molecule has 2 heterocycles. The second-order valence-electron chi connectivity index (χ2n) is 6.53. The fourth-order valence-electron chi connectivity index (χ4n) is 3.36. The van der Waals surface area contributed by atoms with E-state index in [1.54, 1.807) is 25.0 Å². The molecular weight excluding hydrogens is 460 g/mol. The Balaban J connectivity index is 2.13. The molecule has 2 unspecified atom stereocenters. The fourth-order valence-corrected chi connectivity index (χ4v) is 4.87. The SMILES string of the molecule is CCC1SC2=NC(C)=C(C(=O)OCCOC)C(c3cc(Br)ccc3OC)N2C1=O. The van der Waals surface area contributed by atoms with Gasteiger partial charge in [-0.25, -0.2) is 9.79 Å². The van der Waals surface area contributed by atoms with Gasteiger partial charge in [-0.05, 0) is 31.5 Å². The molecule has 2 aliphatic rings. The van der Waals surface area contributed by atoms with E-state index in [1.165, 1.54) is 18.9 Å². The lowest BCUT2D eigenvalue weighted by molar-refractivity contribution is -0.141. The van der Waals surface area contributed by atoms with Gasteiger partial charge in [0.2, 0.25) is 5.91 Å². The van der Waals surface area contributed by atoms with Crippen LogP contribution in [0.4, 0.5) is 0 Å². The molecule has 9 heteroatoms. The summed E-state index contributed by atoms with van der Waals surface area (Å²) in [7, 11) is 3.10. The Kier molecular flexibility index (Phi) is 7.02. The fraction of sp³-hybridized carbons (Fsp3) is 0.450. The lowest BCUT2D eigenvalue weighted by Gasteiger charge is -2.33. The van der Waals surface area contributed by atoms with Crippen molar-refractivity contribution in [3.63, 3.8) is 0 Å². The molecule has 0 bridgehead atoms. The number of amides is 1. The van der Waals surface area contributed by atoms with E-state index in [4.69, 9.17) is 14.2 Å². The van der Waals surface area contributed by atoms with E-state index in [1.807, 2.05) is 19.1 Å². The van der Waals surface area contributed by atoms with Gasteiger partial charge in [0.05, 0.1) is 30.2 Å². The van der Waals surface area contributed by atoms with Crippen LogP contribution in [0.5, 0.6) is 5.75 Å². The summed E-state index contributed by atoms with van der Waals surface area (Å²) in [6.45, 7) is 4.13. The van der Waals surface area contributed by atoms with Crippen molar-refractivity contribution in [2.75, 3.05) is 27.4 Å². The predicted octanol–water partition coefficient (Wildman–Crippen LogP) is 3.69.